The van der Waals surface area contributed by atoms with Gasteiger partial charge in [-0.25, -0.2) is 13.1 Å². The molecule has 0 aromatic carbocycles. The molecule has 0 radical (unpaired) electrons. The summed E-state index contributed by atoms with van der Waals surface area (Å²) >= 11 is 10.0. The minimum Gasteiger partial charge on any atom is -0.389 e. The highest BCUT2D eigenvalue weighted by molar-refractivity contribution is 9.11. The summed E-state index contributed by atoms with van der Waals surface area (Å²) in [6.07, 6.45) is 1.31. The van der Waals surface area contributed by atoms with Crippen LogP contribution in [-0.2, 0) is 10.0 Å². The molecule has 18 heavy (non-hydrogen) atoms. The Kier molecular flexibility index (Phi) is 5.64. The van der Waals surface area contributed by atoms with E-state index in [0.29, 0.717) is 15.2 Å². The fourth-order valence-electron chi connectivity index (χ4n) is 1.41. The lowest BCUT2D eigenvalue weighted by molar-refractivity contribution is 0.0554. The van der Waals surface area contributed by atoms with Gasteiger partial charge < -0.3 is 5.11 Å². The molecule has 104 valence electrons. The van der Waals surface area contributed by atoms with E-state index < -0.39 is 15.6 Å². The third-order valence-corrected chi connectivity index (χ3v) is 6.67. The van der Waals surface area contributed by atoms with Crippen molar-refractivity contribution in [1.82, 2.24) is 4.72 Å². The molecular weight excluding hydrogens is 362 g/mol. The Morgan fingerprint density at radius 2 is 2.22 bits per heavy atom. The molecule has 1 rings (SSSR count). The van der Waals surface area contributed by atoms with Crippen molar-refractivity contribution >= 4 is 48.9 Å². The maximum Gasteiger partial charge on any atom is 0.250 e. The fraction of sp³-hybridized carbons (Fsp3) is 0.600. The molecule has 1 aromatic rings. The van der Waals surface area contributed by atoms with Crippen LogP contribution in [0.1, 0.15) is 26.7 Å². The molecule has 0 saturated heterocycles. The Morgan fingerprint density at radius 1 is 1.61 bits per heavy atom. The number of nitrogens with one attached hydrogen (secondary N) is 1. The summed E-state index contributed by atoms with van der Waals surface area (Å²) in [6, 6.07) is 1.38. The van der Waals surface area contributed by atoms with Crippen LogP contribution < -0.4 is 4.72 Å². The van der Waals surface area contributed by atoms with E-state index in [2.05, 4.69) is 20.7 Å². The highest BCUT2D eigenvalue weighted by Gasteiger charge is 2.25. The van der Waals surface area contributed by atoms with Gasteiger partial charge in [-0.3, -0.25) is 0 Å². The predicted molar refractivity (Wildman–Crippen MR) is 77.7 cm³/mol. The highest BCUT2D eigenvalue weighted by atomic mass is 79.9. The van der Waals surface area contributed by atoms with E-state index in [9.17, 15) is 13.5 Å². The molecule has 1 heterocycles. The molecule has 1 aromatic heterocycles. The Bertz CT molecular complexity index is 494. The number of thiophene rings is 1. The molecule has 1 unspecified atom stereocenters. The summed E-state index contributed by atoms with van der Waals surface area (Å²) in [6.45, 7) is 3.52. The van der Waals surface area contributed by atoms with Crippen LogP contribution in [0.5, 0.6) is 0 Å². The first-order valence-corrected chi connectivity index (χ1v) is 8.82. The van der Waals surface area contributed by atoms with Crippen LogP contribution in [0.4, 0.5) is 0 Å². The van der Waals surface area contributed by atoms with Crippen molar-refractivity contribution in [3.05, 3.63) is 14.9 Å². The zero-order valence-corrected chi connectivity index (χ0v) is 14.0. The van der Waals surface area contributed by atoms with Crippen molar-refractivity contribution in [2.75, 3.05) is 6.54 Å². The molecule has 0 aliphatic heterocycles. The topological polar surface area (TPSA) is 66.4 Å². The Balaban J connectivity index is 2.77. The number of halogens is 2. The van der Waals surface area contributed by atoms with Gasteiger partial charge in [-0.05, 0) is 35.3 Å². The standard InChI is InChI=1S/C10H15BrClNO3S2/c1-3-4-10(2,14)6-13-18(15,16)8-5-7(12)9(11)17-8/h5,13-14H,3-4,6H2,1-2H3. The summed E-state index contributed by atoms with van der Waals surface area (Å²) in [5, 5.41) is 10.3. The van der Waals surface area contributed by atoms with E-state index in [1.807, 2.05) is 6.92 Å². The van der Waals surface area contributed by atoms with Crippen LogP contribution in [0.15, 0.2) is 14.1 Å². The first-order valence-electron chi connectivity index (χ1n) is 5.35. The minimum absolute atomic E-state index is 0.0175. The number of rotatable bonds is 6. The second kappa shape index (κ2) is 6.19. The molecular formula is C10H15BrClNO3S2. The monoisotopic (exact) mass is 375 g/mol. The summed E-state index contributed by atoms with van der Waals surface area (Å²) in [4.78, 5) is 0. The lowest BCUT2D eigenvalue weighted by atomic mass is 10.0. The van der Waals surface area contributed by atoms with Crippen LogP contribution in [0.2, 0.25) is 5.02 Å². The quantitative estimate of drug-likeness (QED) is 0.802. The van der Waals surface area contributed by atoms with Crippen LogP contribution in [0.25, 0.3) is 0 Å². The van der Waals surface area contributed by atoms with Gasteiger partial charge in [0.2, 0.25) is 10.0 Å². The number of aliphatic hydroxyl groups is 1. The van der Waals surface area contributed by atoms with Gasteiger partial charge in [0, 0.05) is 6.54 Å². The van der Waals surface area contributed by atoms with Gasteiger partial charge in [0.05, 0.1) is 14.4 Å². The van der Waals surface area contributed by atoms with Gasteiger partial charge in [0.25, 0.3) is 0 Å². The zero-order chi connectivity index (χ0) is 14.0. The normalized spacial score (nSPS) is 15.6. The van der Waals surface area contributed by atoms with Gasteiger partial charge >= 0.3 is 0 Å². The van der Waals surface area contributed by atoms with Gasteiger partial charge in [0.1, 0.15) is 4.21 Å². The predicted octanol–water partition coefficient (Wildman–Crippen LogP) is 2.99. The summed E-state index contributed by atoms with van der Waals surface area (Å²) in [5.74, 6) is 0. The van der Waals surface area contributed by atoms with Crippen molar-refractivity contribution in [2.24, 2.45) is 0 Å². The summed E-state index contributed by atoms with van der Waals surface area (Å²) < 4.78 is 27.0. The van der Waals surface area contributed by atoms with Crippen molar-refractivity contribution in [2.45, 2.75) is 36.5 Å². The fourth-order valence-corrected chi connectivity index (χ4v) is 5.01. The summed E-state index contributed by atoms with van der Waals surface area (Å²) in [7, 11) is -3.62. The third kappa shape index (κ3) is 4.47. The Hall–Kier alpha value is 0.340. The van der Waals surface area contributed by atoms with Gasteiger partial charge in [-0.2, -0.15) is 0 Å². The number of hydrogen-bond donors (Lipinski definition) is 2. The minimum atomic E-state index is -3.62. The maximum atomic E-state index is 12.0. The van der Waals surface area contributed by atoms with Crippen LogP contribution in [0, 0.1) is 0 Å². The Morgan fingerprint density at radius 3 is 2.67 bits per heavy atom. The highest BCUT2D eigenvalue weighted by Crippen LogP contribution is 2.34. The lowest BCUT2D eigenvalue weighted by Crippen LogP contribution is -2.40. The van der Waals surface area contributed by atoms with Gasteiger partial charge in [0.15, 0.2) is 0 Å². The molecule has 2 N–H and O–H groups in total. The largest absolute Gasteiger partial charge is 0.389 e. The van der Waals surface area contributed by atoms with Gasteiger partial charge in [-0.1, -0.05) is 24.9 Å². The second-order valence-corrected chi connectivity index (χ2v) is 9.03. The molecule has 1 atom stereocenters. The average molecular weight is 377 g/mol. The van der Waals surface area contributed by atoms with Gasteiger partial charge in [-0.15, -0.1) is 11.3 Å². The van der Waals surface area contributed by atoms with E-state index in [-0.39, 0.29) is 10.8 Å². The smallest absolute Gasteiger partial charge is 0.250 e. The molecule has 0 aliphatic carbocycles. The van der Waals surface area contributed by atoms with Crippen LogP contribution in [-0.4, -0.2) is 25.7 Å². The molecule has 4 nitrogen and oxygen atoms in total. The van der Waals surface area contributed by atoms with E-state index in [4.69, 9.17) is 11.6 Å². The maximum absolute atomic E-state index is 12.0. The molecule has 0 amide bonds. The SMILES string of the molecule is CCCC(C)(O)CNS(=O)(=O)c1cc(Cl)c(Br)s1. The average Bonchev–Trinajstić information content (AvgIpc) is 2.58. The van der Waals surface area contributed by atoms with E-state index >= 15 is 0 Å². The van der Waals surface area contributed by atoms with Crippen LogP contribution >= 0.6 is 38.9 Å². The lowest BCUT2D eigenvalue weighted by Gasteiger charge is -2.22. The second-order valence-electron chi connectivity index (χ2n) is 4.26. The molecule has 0 fully saturated rings. The molecule has 0 saturated carbocycles. The molecule has 0 bridgehead atoms. The van der Waals surface area contributed by atoms with Crippen molar-refractivity contribution < 1.29 is 13.5 Å². The van der Waals surface area contributed by atoms with E-state index in [1.165, 1.54) is 6.07 Å². The Labute approximate surface area is 125 Å². The van der Waals surface area contributed by atoms with E-state index in [1.54, 1.807) is 6.92 Å². The first kappa shape index (κ1) is 16.4. The van der Waals surface area contributed by atoms with Crippen molar-refractivity contribution in [3.8, 4) is 0 Å². The molecule has 0 spiro atoms. The number of sulfonamides is 1. The summed E-state index contributed by atoms with van der Waals surface area (Å²) in [5.41, 5.74) is -1.04. The van der Waals surface area contributed by atoms with E-state index in [0.717, 1.165) is 17.8 Å². The van der Waals surface area contributed by atoms with Crippen molar-refractivity contribution in [3.63, 3.8) is 0 Å². The third-order valence-electron chi connectivity index (χ3n) is 2.32. The number of hydrogen-bond acceptors (Lipinski definition) is 4. The zero-order valence-electron chi connectivity index (χ0n) is 10.0. The van der Waals surface area contributed by atoms with Crippen molar-refractivity contribution in [1.29, 1.82) is 0 Å². The molecule has 0 aliphatic rings. The first-order chi connectivity index (χ1) is 8.18. The van der Waals surface area contributed by atoms with Crippen LogP contribution in [0.3, 0.4) is 0 Å². The molecule has 8 heteroatoms.